The third-order valence-corrected chi connectivity index (χ3v) is 2.78. The number of halogens is 1. The van der Waals surface area contributed by atoms with Crippen LogP contribution in [0.2, 0.25) is 5.02 Å². The van der Waals surface area contributed by atoms with Gasteiger partial charge in [-0.05, 0) is 23.8 Å². The molecule has 8 heteroatoms. The molecule has 0 radical (unpaired) electrons. The molecule has 0 aliphatic heterocycles. The number of carboxylic acid groups (broad SMARTS) is 1. The predicted molar refractivity (Wildman–Crippen MR) is 66.1 cm³/mol. The molecule has 0 fully saturated rings. The molecule has 0 aliphatic rings. The molecule has 1 aromatic carbocycles. The first-order valence-corrected chi connectivity index (χ1v) is 6.60. The first-order valence-electron chi connectivity index (χ1n) is 4.68. The van der Waals surface area contributed by atoms with Gasteiger partial charge in [0.15, 0.2) is 6.61 Å². The van der Waals surface area contributed by atoms with E-state index in [4.69, 9.17) is 16.7 Å². The Kier molecular flexibility index (Phi) is 5.29. The number of hydrogen-bond acceptors (Lipinski definition) is 4. The van der Waals surface area contributed by atoms with Crippen molar-refractivity contribution in [1.29, 1.82) is 0 Å². The Bertz CT molecular complexity index is 538. The average molecular weight is 292 g/mol. The molecule has 98 valence electrons. The van der Waals surface area contributed by atoms with Crippen LogP contribution in [-0.2, 0) is 19.7 Å². The average Bonchev–Trinajstić information content (AvgIpc) is 2.27. The molecule has 1 rings (SSSR count). The Balaban J connectivity index is 2.59. The van der Waals surface area contributed by atoms with Crippen LogP contribution >= 0.6 is 11.6 Å². The molecule has 0 bridgehead atoms. The molecule has 0 aliphatic carbocycles. The van der Waals surface area contributed by atoms with E-state index in [0.717, 1.165) is 5.41 Å². The highest BCUT2D eigenvalue weighted by Crippen LogP contribution is 2.10. The molecule has 18 heavy (non-hydrogen) atoms. The quantitative estimate of drug-likeness (QED) is 0.769. The van der Waals surface area contributed by atoms with E-state index in [1.807, 2.05) is 0 Å². The van der Waals surface area contributed by atoms with Crippen molar-refractivity contribution in [2.24, 2.45) is 0 Å². The zero-order valence-corrected chi connectivity index (χ0v) is 10.6. The fraction of sp³-hybridized carbons (Fsp3) is 0.100. The van der Waals surface area contributed by atoms with Gasteiger partial charge in [-0.25, -0.2) is 13.2 Å². The highest BCUT2D eigenvalue weighted by atomic mass is 35.5. The van der Waals surface area contributed by atoms with E-state index in [-0.39, 0.29) is 0 Å². The minimum Gasteiger partial charge on any atom is -0.479 e. The lowest BCUT2D eigenvalue weighted by atomic mass is 10.2. The minimum atomic E-state index is -3.83. The largest absolute Gasteiger partial charge is 0.479 e. The highest BCUT2D eigenvalue weighted by molar-refractivity contribution is 7.92. The lowest BCUT2D eigenvalue weighted by Crippen LogP contribution is -2.24. The molecule has 0 saturated carbocycles. The zero-order chi connectivity index (χ0) is 13.6. The van der Waals surface area contributed by atoms with Crippen LogP contribution in [0.3, 0.4) is 0 Å². The number of nitrogens with one attached hydrogen (secondary N) is 1. The summed E-state index contributed by atoms with van der Waals surface area (Å²) in [5.74, 6) is -1.28. The van der Waals surface area contributed by atoms with Crippen molar-refractivity contribution in [3.63, 3.8) is 0 Å². The van der Waals surface area contributed by atoms with Crippen molar-refractivity contribution < 1.29 is 23.2 Å². The Morgan fingerprint density at radius 2 is 2.00 bits per heavy atom. The van der Waals surface area contributed by atoms with Crippen LogP contribution in [0.15, 0.2) is 29.7 Å². The molecule has 0 spiro atoms. The van der Waals surface area contributed by atoms with Crippen LogP contribution in [-0.4, -0.2) is 26.1 Å². The van der Waals surface area contributed by atoms with Crippen molar-refractivity contribution in [1.82, 2.24) is 4.89 Å². The Morgan fingerprint density at radius 3 is 2.56 bits per heavy atom. The first-order chi connectivity index (χ1) is 8.39. The van der Waals surface area contributed by atoms with E-state index in [0.29, 0.717) is 10.6 Å². The van der Waals surface area contributed by atoms with Gasteiger partial charge in [0.1, 0.15) is 0 Å². The standard InChI is InChI=1S/C10H10ClNO5S/c11-9-3-1-8(2-4-9)5-6-18(15,16)12-17-7-10(13)14/h1-6,12H,7H2,(H,13,14)/b6-5+. The van der Waals surface area contributed by atoms with Gasteiger partial charge < -0.3 is 5.11 Å². The topological polar surface area (TPSA) is 92.7 Å². The van der Waals surface area contributed by atoms with Crippen molar-refractivity contribution >= 4 is 33.7 Å². The van der Waals surface area contributed by atoms with Gasteiger partial charge in [0.25, 0.3) is 10.0 Å². The number of hydrogen-bond donors (Lipinski definition) is 2. The lowest BCUT2D eigenvalue weighted by molar-refractivity contribution is -0.143. The SMILES string of the molecule is O=C(O)CONS(=O)(=O)/C=C/c1ccc(Cl)cc1. The van der Waals surface area contributed by atoms with Crippen LogP contribution in [0.1, 0.15) is 5.56 Å². The molecule has 0 amide bonds. The van der Waals surface area contributed by atoms with Crippen molar-refractivity contribution in [2.75, 3.05) is 6.61 Å². The van der Waals surface area contributed by atoms with E-state index in [2.05, 4.69) is 4.84 Å². The van der Waals surface area contributed by atoms with E-state index in [1.54, 1.807) is 29.2 Å². The van der Waals surface area contributed by atoms with Gasteiger partial charge in [0.05, 0.1) is 0 Å². The van der Waals surface area contributed by atoms with Crippen LogP contribution in [0.4, 0.5) is 0 Å². The first kappa shape index (κ1) is 14.7. The van der Waals surface area contributed by atoms with E-state index >= 15 is 0 Å². The second-order valence-corrected chi connectivity index (χ2v) is 5.13. The van der Waals surface area contributed by atoms with Gasteiger partial charge in [-0.15, -0.1) is 0 Å². The fourth-order valence-corrected chi connectivity index (χ4v) is 1.68. The molecule has 0 aromatic heterocycles. The van der Waals surface area contributed by atoms with E-state index in [1.165, 1.54) is 6.08 Å². The number of benzene rings is 1. The van der Waals surface area contributed by atoms with Gasteiger partial charge in [-0.3, -0.25) is 4.84 Å². The molecule has 6 nitrogen and oxygen atoms in total. The van der Waals surface area contributed by atoms with Gasteiger partial charge in [-0.1, -0.05) is 28.6 Å². The van der Waals surface area contributed by atoms with Crippen molar-refractivity contribution in [3.8, 4) is 0 Å². The molecule has 0 saturated heterocycles. The van der Waals surface area contributed by atoms with Gasteiger partial charge >= 0.3 is 5.97 Å². The smallest absolute Gasteiger partial charge is 0.331 e. The second kappa shape index (κ2) is 6.50. The summed E-state index contributed by atoms with van der Waals surface area (Å²) in [6.45, 7) is -0.756. The maximum absolute atomic E-state index is 11.3. The van der Waals surface area contributed by atoms with E-state index < -0.39 is 22.6 Å². The third-order valence-electron chi connectivity index (χ3n) is 1.68. The number of aliphatic carboxylic acids is 1. The maximum Gasteiger partial charge on any atom is 0.331 e. The molecular formula is C10H10ClNO5S. The summed E-state index contributed by atoms with van der Waals surface area (Å²) in [5.41, 5.74) is 0.628. The molecule has 0 atom stereocenters. The molecule has 0 unspecified atom stereocenters. The van der Waals surface area contributed by atoms with Gasteiger partial charge in [0, 0.05) is 10.4 Å². The monoisotopic (exact) mass is 291 g/mol. The zero-order valence-electron chi connectivity index (χ0n) is 9.04. The molecule has 2 N–H and O–H groups in total. The van der Waals surface area contributed by atoms with Crippen LogP contribution in [0.25, 0.3) is 6.08 Å². The summed E-state index contributed by atoms with van der Waals surface area (Å²) in [5, 5.41) is 9.65. The number of sulfonamides is 1. The van der Waals surface area contributed by atoms with Gasteiger partial charge in [0.2, 0.25) is 0 Å². The Labute approximate surface area is 109 Å². The predicted octanol–water partition coefficient (Wildman–Crippen LogP) is 1.25. The summed E-state index contributed by atoms with van der Waals surface area (Å²) in [6.07, 6.45) is 1.32. The Morgan fingerprint density at radius 1 is 1.39 bits per heavy atom. The summed E-state index contributed by atoms with van der Waals surface area (Å²) in [6, 6.07) is 6.49. The summed E-state index contributed by atoms with van der Waals surface area (Å²) in [4.78, 5) is 16.0. The van der Waals surface area contributed by atoms with Crippen molar-refractivity contribution in [2.45, 2.75) is 0 Å². The number of carbonyl (C=O) groups is 1. The highest BCUT2D eigenvalue weighted by Gasteiger charge is 2.06. The molecule has 0 heterocycles. The van der Waals surface area contributed by atoms with Crippen LogP contribution < -0.4 is 4.89 Å². The normalized spacial score (nSPS) is 11.8. The lowest BCUT2D eigenvalue weighted by Gasteiger charge is -2.00. The summed E-state index contributed by atoms with van der Waals surface area (Å²) in [7, 11) is -3.83. The van der Waals surface area contributed by atoms with Crippen molar-refractivity contribution in [3.05, 3.63) is 40.3 Å². The number of carboxylic acids is 1. The van der Waals surface area contributed by atoms with Gasteiger partial charge in [-0.2, -0.15) is 0 Å². The molecule has 1 aromatic rings. The maximum atomic E-state index is 11.3. The fourth-order valence-electron chi connectivity index (χ4n) is 0.943. The Hall–Kier alpha value is -1.41. The summed E-state index contributed by atoms with van der Waals surface area (Å²) < 4.78 is 22.6. The second-order valence-electron chi connectivity index (χ2n) is 3.17. The minimum absolute atomic E-state index is 0.540. The van der Waals surface area contributed by atoms with Crippen LogP contribution in [0, 0.1) is 0 Å². The number of rotatable bonds is 6. The van der Waals surface area contributed by atoms with E-state index in [9.17, 15) is 13.2 Å². The summed E-state index contributed by atoms with van der Waals surface area (Å²) >= 11 is 5.67. The molecular weight excluding hydrogens is 282 g/mol. The third kappa shape index (κ3) is 5.78. The van der Waals surface area contributed by atoms with Crippen LogP contribution in [0.5, 0.6) is 0 Å².